The third kappa shape index (κ3) is 3.99. The van der Waals surface area contributed by atoms with Crippen LogP contribution in [0.15, 0.2) is 0 Å². The van der Waals surface area contributed by atoms with Crippen molar-refractivity contribution in [3.63, 3.8) is 0 Å². The van der Waals surface area contributed by atoms with Crippen LogP contribution < -0.4 is 11.1 Å². The summed E-state index contributed by atoms with van der Waals surface area (Å²) in [6.07, 6.45) is 2.70. The number of nitrogens with two attached hydrogens (primary N) is 1. The molecule has 11 heavy (non-hydrogen) atoms. The molecule has 1 saturated heterocycles. The Balaban J connectivity index is 2.05. The number of thioether (sulfide) groups is 1. The van der Waals surface area contributed by atoms with E-state index >= 15 is 0 Å². The molecule has 0 aromatic heterocycles. The van der Waals surface area contributed by atoms with Gasteiger partial charge in [-0.25, -0.2) is 0 Å². The first-order valence-electron chi connectivity index (χ1n) is 4.37. The summed E-state index contributed by atoms with van der Waals surface area (Å²) in [6, 6.07) is 0.349. The molecule has 1 fully saturated rings. The monoisotopic (exact) mass is 174 g/mol. The zero-order valence-electron chi connectivity index (χ0n) is 7.18. The molecule has 0 spiro atoms. The van der Waals surface area contributed by atoms with Crippen LogP contribution in [-0.2, 0) is 0 Å². The predicted molar refractivity (Wildman–Crippen MR) is 52.0 cm³/mol. The minimum Gasteiger partial charge on any atom is -0.327 e. The molecule has 0 aliphatic carbocycles. The molecule has 66 valence electrons. The minimum atomic E-state index is 0.349. The molecule has 1 rings (SSSR count). The summed E-state index contributed by atoms with van der Waals surface area (Å²) in [7, 11) is 0. The van der Waals surface area contributed by atoms with Gasteiger partial charge in [0.25, 0.3) is 0 Å². The fourth-order valence-corrected chi connectivity index (χ4v) is 2.39. The molecule has 2 nitrogen and oxygen atoms in total. The second-order valence-electron chi connectivity index (χ2n) is 3.28. The van der Waals surface area contributed by atoms with Crippen LogP contribution in [0.3, 0.4) is 0 Å². The van der Waals surface area contributed by atoms with Crippen molar-refractivity contribution in [3.05, 3.63) is 0 Å². The number of hydrogen-bond acceptors (Lipinski definition) is 3. The fraction of sp³-hybridized carbons (Fsp3) is 1.00. The van der Waals surface area contributed by atoms with Gasteiger partial charge in [0.1, 0.15) is 0 Å². The third-order valence-electron chi connectivity index (χ3n) is 1.85. The largest absolute Gasteiger partial charge is 0.327 e. The van der Waals surface area contributed by atoms with Crippen LogP contribution in [0.4, 0.5) is 0 Å². The summed E-state index contributed by atoms with van der Waals surface area (Å²) in [5.41, 5.74) is 5.67. The van der Waals surface area contributed by atoms with E-state index in [-0.39, 0.29) is 0 Å². The Morgan fingerprint density at radius 2 is 2.55 bits per heavy atom. The number of hydrogen-bond donors (Lipinski definition) is 2. The molecule has 1 aliphatic heterocycles. The Hall–Kier alpha value is 0.270. The Labute approximate surface area is 73.3 Å². The summed E-state index contributed by atoms with van der Waals surface area (Å²) >= 11 is 2.02. The number of rotatable bonds is 3. The normalized spacial score (nSPS) is 28.4. The zero-order chi connectivity index (χ0) is 8.10. The lowest BCUT2D eigenvalue weighted by molar-refractivity contribution is 0.531. The van der Waals surface area contributed by atoms with Crippen molar-refractivity contribution in [1.29, 1.82) is 0 Å². The second-order valence-corrected chi connectivity index (χ2v) is 4.61. The second kappa shape index (κ2) is 5.01. The summed E-state index contributed by atoms with van der Waals surface area (Å²) < 4.78 is 0. The van der Waals surface area contributed by atoms with Crippen molar-refractivity contribution in [2.24, 2.45) is 5.73 Å². The van der Waals surface area contributed by atoms with E-state index in [1.54, 1.807) is 0 Å². The van der Waals surface area contributed by atoms with Gasteiger partial charge in [-0.05, 0) is 26.3 Å². The van der Waals surface area contributed by atoms with Crippen LogP contribution >= 0.6 is 11.8 Å². The molecule has 3 N–H and O–H groups in total. The summed E-state index contributed by atoms with van der Waals surface area (Å²) in [5, 5.41) is 4.21. The number of nitrogens with one attached hydrogen (secondary N) is 1. The zero-order valence-corrected chi connectivity index (χ0v) is 7.99. The van der Waals surface area contributed by atoms with Gasteiger partial charge >= 0.3 is 0 Å². The highest BCUT2D eigenvalue weighted by molar-refractivity contribution is 7.99. The van der Waals surface area contributed by atoms with Gasteiger partial charge in [-0.15, -0.1) is 0 Å². The van der Waals surface area contributed by atoms with Gasteiger partial charge in [0, 0.05) is 23.6 Å². The summed E-state index contributed by atoms with van der Waals surface area (Å²) in [4.78, 5) is 0. The third-order valence-corrected chi connectivity index (χ3v) is 3.44. The van der Waals surface area contributed by atoms with Crippen LogP contribution in [-0.4, -0.2) is 30.1 Å². The fourth-order valence-electron chi connectivity index (χ4n) is 1.25. The van der Waals surface area contributed by atoms with E-state index in [2.05, 4.69) is 12.2 Å². The van der Waals surface area contributed by atoms with E-state index < -0.39 is 0 Å². The Bertz CT molecular complexity index is 100. The molecule has 2 unspecified atom stereocenters. The lowest BCUT2D eigenvalue weighted by Crippen LogP contribution is -2.33. The standard InChI is InChI=1S/C8H18N2S/c1-7(9)6-11-8-3-2-4-10-5-8/h7-8,10H,2-6,9H2,1H3. The van der Waals surface area contributed by atoms with Gasteiger partial charge < -0.3 is 11.1 Å². The maximum Gasteiger partial charge on any atom is 0.0173 e. The quantitative estimate of drug-likeness (QED) is 0.665. The average molecular weight is 174 g/mol. The first-order valence-corrected chi connectivity index (χ1v) is 5.42. The van der Waals surface area contributed by atoms with Crippen molar-refractivity contribution >= 4 is 11.8 Å². The molecular weight excluding hydrogens is 156 g/mol. The average Bonchev–Trinajstić information content (AvgIpc) is 2.03. The van der Waals surface area contributed by atoms with Gasteiger partial charge in [-0.3, -0.25) is 0 Å². The van der Waals surface area contributed by atoms with Crippen molar-refractivity contribution in [2.45, 2.75) is 31.1 Å². The molecule has 1 heterocycles. The van der Waals surface area contributed by atoms with Gasteiger partial charge in [0.05, 0.1) is 0 Å². The predicted octanol–water partition coefficient (Wildman–Crippen LogP) is 0.819. The molecule has 0 radical (unpaired) electrons. The lowest BCUT2D eigenvalue weighted by Gasteiger charge is -2.22. The van der Waals surface area contributed by atoms with Gasteiger partial charge in [0.2, 0.25) is 0 Å². The van der Waals surface area contributed by atoms with E-state index in [9.17, 15) is 0 Å². The first-order chi connectivity index (χ1) is 5.29. The van der Waals surface area contributed by atoms with Crippen LogP contribution in [0.2, 0.25) is 0 Å². The summed E-state index contributed by atoms with van der Waals surface area (Å²) in [6.45, 7) is 4.45. The number of piperidine rings is 1. The van der Waals surface area contributed by atoms with Crippen molar-refractivity contribution in [1.82, 2.24) is 5.32 Å². The maximum atomic E-state index is 5.67. The van der Waals surface area contributed by atoms with Crippen LogP contribution in [0.1, 0.15) is 19.8 Å². The van der Waals surface area contributed by atoms with Crippen LogP contribution in [0.25, 0.3) is 0 Å². The van der Waals surface area contributed by atoms with Crippen molar-refractivity contribution < 1.29 is 0 Å². The van der Waals surface area contributed by atoms with E-state index in [0.717, 1.165) is 11.0 Å². The molecule has 1 aliphatic rings. The van der Waals surface area contributed by atoms with E-state index in [1.807, 2.05) is 11.8 Å². The highest BCUT2D eigenvalue weighted by atomic mass is 32.2. The molecule has 0 amide bonds. The molecule has 3 heteroatoms. The Morgan fingerprint density at radius 1 is 1.73 bits per heavy atom. The molecule has 0 bridgehead atoms. The van der Waals surface area contributed by atoms with E-state index in [1.165, 1.54) is 25.9 Å². The van der Waals surface area contributed by atoms with E-state index in [4.69, 9.17) is 5.73 Å². The SMILES string of the molecule is CC(N)CSC1CCCNC1. The van der Waals surface area contributed by atoms with Crippen molar-refractivity contribution in [3.8, 4) is 0 Å². The molecule has 0 aromatic carbocycles. The maximum absolute atomic E-state index is 5.67. The highest BCUT2D eigenvalue weighted by Gasteiger charge is 2.12. The first kappa shape index (κ1) is 9.36. The highest BCUT2D eigenvalue weighted by Crippen LogP contribution is 2.18. The van der Waals surface area contributed by atoms with Gasteiger partial charge in [0.15, 0.2) is 0 Å². The molecular formula is C8H18N2S. The Morgan fingerprint density at radius 3 is 3.09 bits per heavy atom. The Kier molecular flexibility index (Phi) is 4.26. The summed E-state index contributed by atoms with van der Waals surface area (Å²) in [5.74, 6) is 1.10. The van der Waals surface area contributed by atoms with E-state index in [0.29, 0.717) is 6.04 Å². The minimum absolute atomic E-state index is 0.349. The van der Waals surface area contributed by atoms with Crippen molar-refractivity contribution in [2.75, 3.05) is 18.8 Å². The topological polar surface area (TPSA) is 38.0 Å². The molecule has 0 saturated carbocycles. The molecule has 2 atom stereocenters. The lowest BCUT2D eigenvalue weighted by atomic mass is 10.2. The van der Waals surface area contributed by atoms with Gasteiger partial charge in [-0.2, -0.15) is 11.8 Å². The van der Waals surface area contributed by atoms with Gasteiger partial charge in [-0.1, -0.05) is 0 Å². The molecule has 0 aromatic rings. The van der Waals surface area contributed by atoms with Crippen LogP contribution in [0, 0.1) is 0 Å². The smallest absolute Gasteiger partial charge is 0.0173 e. The van der Waals surface area contributed by atoms with Crippen LogP contribution in [0.5, 0.6) is 0 Å².